The Balaban J connectivity index is 3.65. The summed E-state index contributed by atoms with van der Waals surface area (Å²) < 4.78 is 0. The molecule has 0 bridgehead atoms. The molecule has 2 unspecified atom stereocenters. The summed E-state index contributed by atoms with van der Waals surface area (Å²) in [5, 5.41) is 18.0. The van der Waals surface area contributed by atoms with E-state index in [1.165, 1.54) is 64.4 Å². The van der Waals surface area contributed by atoms with Crippen LogP contribution in [-0.2, 0) is 9.59 Å². The minimum Gasteiger partial charge on any atom is -0.481 e. The zero-order chi connectivity index (χ0) is 17.5. The molecule has 0 aliphatic heterocycles. The summed E-state index contributed by atoms with van der Waals surface area (Å²) in [6.45, 7) is 3.67. The first kappa shape index (κ1) is 21.7. The molecule has 0 aliphatic rings. The molecule has 4 heteroatoms. The number of hydrogen-bond acceptors (Lipinski definition) is 2. The fourth-order valence-electron chi connectivity index (χ4n) is 2.61. The molecular formula is C19H34O4. The van der Waals surface area contributed by atoms with Gasteiger partial charge in [-0.1, -0.05) is 83.8 Å². The number of carboxylic acids is 2. The van der Waals surface area contributed by atoms with Crippen LogP contribution in [0, 0.1) is 11.8 Å². The molecule has 134 valence electrons. The van der Waals surface area contributed by atoms with Crippen LogP contribution in [0.15, 0.2) is 12.2 Å². The van der Waals surface area contributed by atoms with Crippen molar-refractivity contribution in [1.82, 2.24) is 0 Å². The van der Waals surface area contributed by atoms with Crippen molar-refractivity contribution in [2.24, 2.45) is 11.8 Å². The molecule has 0 rings (SSSR count). The van der Waals surface area contributed by atoms with Gasteiger partial charge in [0.05, 0.1) is 11.8 Å². The highest BCUT2D eigenvalue weighted by atomic mass is 16.4. The number of rotatable bonds is 15. The average Bonchev–Trinajstić information content (AvgIpc) is 2.51. The zero-order valence-corrected chi connectivity index (χ0v) is 14.8. The number of aliphatic carboxylic acids is 2. The number of hydrogen-bond donors (Lipinski definition) is 2. The molecule has 0 aromatic carbocycles. The van der Waals surface area contributed by atoms with E-state index in [4.69, 9.17) is 10.2 Å². The van der Waals surface area contributed by atoms with Crippen LogP contribution in [-0.4, -0.2) is 22.2 Å². The number of carbonyl (C=O) groups is 2. The Labute approximate surface area is 141 Å². The first-order valence-electron chi connectivity index (χ1n) is 9.13. The molecule has 0 amide bonds. The van der Waals surface area contributed by atoms with Crippen LogP contribution < -0.4 is 0 Å². The van der Waals surface area contributed by atoms with Crippen molar-refractivity contribution in [2.75, 3.05) is 0 Å². The Morgan fingerprint density at radius 2 is 1.30 bits per heavy atom. The second kappa shape index (κ2) is 14.3. The van der Waals surface area contributed by atoms with Gasteiger partial charge in [0.1, 0.15) is 0 Å². The number of unbranched alkanes of at least 4 members (excludes halogenated alkanes) is 10. The summed E-state index contributed by atoms with van der Waals surface area (Å²) in [7, 11) is 0. The van der Waals surface area contributed by atoms with Crippen molar-refractivity contribution in [3.05, 3.63) is 12.2 Å². The Hall–Kier alpha value is -1.32. The van der Waals surface area contributed by atoms with Crippen LogP contribution in [0.5, 0.6) is 0 Å². The Morgan fingerprint density at radius 3 is 1.74 bits per heavy atom. The monoisotopic (exact) mass is 326 g/mol. The fraction of sp³-hybridized carbons (Fsp3) is 0.789. The van der Waals surface area contributed by atoms with Gasteiger partial charge in [-0.15, -0.1) is 0 Å². The van der Waals surface area contributed by atoms with Crippen molar-refractivity contribution in [3.8, 4) is 0 Å². The minimum atomic E-state index is -1.07. The van der Waals surface area contributed by atoms with Crippen LogP contribution in [0.2, 0.25) is 0 Å². The quantitative estimate of drug-likeness (QED) is 0.317. The Bertz CT molecular complexity index is 349. The molecule has 2 atom stereocenters. The Morgan fingerprint density at radius 1 is 0.826 bits per heavy atom. The highest BCUT2D eigenvalue weighted by Crippen LogP contribution is 2.16. The van der Waals surface area contributed by atoms with Gasteiger partial charge >= 0.3 is 11.9 Å². The standard InChI is InChI=1S/C19H34O4/c1-3-4-5-6-7-8-9-10-11-12-13-14-15-17(19(22)23)16(2)18(20)21/h14-17H,3-13H2,1-2H3,(H,20,21)(H,22,23). The molecule has 0 radical (unpaired) electrons. The van der Waals surface area contributed by atoms with Gasteiger partial charge in [-0.05, 0) is 12.8 Å². The minimum absolute atomic E-state index is 0.826. The SMILES string of the molecule is CCCCCCCCCCCCC=CC(C(=O)O)C(C)C(=O)O. The van der Waals surface area contributed by atoms with Gasteiger partial charge in [0, 0.05) is 0 Å². The van der Waals surface area contributed by atoms with Gasteiger partial charge < -0.3 is 10.2 Å². The molecule has 0 aliphatic carbocycles. The van der Waals surface area contributed by atoms with Crippen molar-refractivity contribution in [2.45, 2.75) is 84.5 Å². The van der Waals surface area contributed by atoms with E-state index in [0.29, 0.717) is 0 Å². The van der Waals surface area contributed by atoms with Crippen molar-refractivity contribution in [3.63, 3.8) is 0 Å². The molecule has 0 aromatic heterocycles. The number of carboxylic acid groups (broad SMARTS) is 2. The maximum atomic E-state index is 11.1. The van der Waals surface area contributed by atoms with E-state index in [1.807, 2.05) is 6.08 Å². The lowest BCUT2D eigenvalue weighted by Crippen LogP contribution is -2.25. The van der Waals surface area contributed by atoms with Crippen LogP contribution >= 0.6 is 0 Å². The second-order valence-electron chi connectivity index (χ2n) is 6.39. The van der Waals surface area contributed by atoms with Crippen molar-refractivity contribution < 1.29 is 19.8 Å². The van der Waals surface area contributed by atoms with E-state index in [1.54, 1.807) is 0 Å². The summed E-state index contributed by atoms with van der Waals surface area (Å²) in [4.78, 5) is 21.9. The predicted octanol–water partition coefficient (Wildman–Crippen LogP) is 5.28. The van der Waals surface area contributed by atoms with Crippen molar-refractivity contribution >= 4 is 11.9 Å². The van der Waals surface area contributed by atoms with E-state index in [-0.39, 0.29) is 0 Å². The average molecular weight is 326 g/mol. The summed E-state index contributed by atoms with van der Waals surface area (Å²) in [5.74, 6) is -3.97. The first-order chi connectivity index (χ1) is 11.0. The zero-order valence-electron chi connectivity index (χ0n) is 14.8. The maximum Gasteiger partial charge on any atom is 0.311 e. The lowest BCUT2D eigenvalue weighted by Gasteiger charge is -2.11. The van der Waals surface area contributed by atoms with Gasteiger partial charge in [-0.25, -0.2) is 0 Å². The predicted molar refractivity (Wildman–Crippen MR) is 93.5 cm³/mol. The third-order valence-corrected chi connectivity index (χ3v) is 4.28. The van der Waals surface area contributed by atoms with Gasteiger partial charge in [0.25, 0.3) is 0 Å². The molecule has 0 saturated heterocycles. The molecular weight excluding hydrogens is 292 g/mol. The van der Waals surface area contributed by atoms with E-state index >= 15 is 0 Å². The highest BCUT2D eigenvalue weighted by molar-refractivity contribution is 5.81. The van der Waals surface area contributed by atoms with E-state index in [0.717, 1.165) is 19.3 Å². The molecule has 0 saturated carbocycles. The first-order valence-corrected chi connectivity index (χ1v) is 9.13. The molecule has 0 heterocycles. The topological polar surface area (TPSA) is 74.6 Å². The fourth-order valence-corrected chi connectivity index (χ4v) is 2.61. The summed E-state index contributed by atoms with van der Waals surface area (Å²) in [6.07, 6.45) is 16.9. The van der Waals surface area contributed by atoms with Gasteiger partial charge in [0.2, 0.25) is 0 Å². The third-order valence-electron chi connectivity index (χ3n) is 4.28. The van der Waals surface area contributed by atoms with E-state index < -0.39 is 23.8 Å². The van der Waals surface area contributed by atoms with Crippen molar-refractivity contribution in [1.29, 1.82) is 0 Å². The van der Waals surface area contributed by atoms with E-state index in [9.17, 15) is 9.59 Å². The molecule has 0 aromatic rings. The lowest BCUT2D eigenvalue weighted by atomic mass is 9.93. The molecule has 4 nitrogen and oxygen atoms in total. The number of allylic oxidation sites excluding steroid dienone is 1. The largest absolute Gasteiger partial charge is 0.481 e. The normalized spacial score (nSPS) is 14.0. The summed E-state index contributed by atoms with van der Waals surface area (Å²) >= 11 is 0. The van der Waals surface area contributed by atoms with Gasteiger partial charge in [-0.2, -0.15) is 0 Å². The molecule has 0 fully saturated rings. The third kappa shape index (κ3) is 11.8. The second-order valence-corrected chi connectivity index (χ2v) is 6.39. The maximum absolute atomic E-state index is 11.1. The Kier molecular flexibility index (Phi) is 13.5. The van der Waals surface area contributed by atoms with Gasteiger partial charge in [0.15, 0.2) is 0 Å². The van der Waals surface area contributed by atoms with Gasteiger partial charge in [-0.3, -0.25) is 9.59 Å². The summed E-state index contributed by atoms with van der Waals surface area (Å²) in [5.41, 5.74) is 0. The van der Waals surface area contributed by atoms with Crippen LogP contribution in [0.4, 0.5) is 0 Å². The van der Waals surface area contributed by atoms with Crippen LogP contribution in [0.25, 0.3) is 0 Å². The highest BCUT2D eigenvalue weighted by Gasteiger charge is 2.27. The molecule has 0 spiro atoms. The molecule has 23 heavy (non-hydrogen) atoms. The van der Waals surface area contributed by atoms with Crippen LogP contribution in [0.1, 0.15) is 84.5 Å². The van der Waals surface area contributed by atoms with Crippen LogP contribution in [0.3, 0.4) is 0 Å². The molecule has 2 N–H and O–H groups in total. The lowest BCUT2D eigenvalue weighted by molar-refractivity contribution is -0.151. The van der Waals surface area contributed by atoms with E-state index in [2.05, 4.69) is 6.92 Å². The summed E-state index contributed by atoms with van der Waals surface area (Å²) in [6, 6.07) is 0. The smallest absolute Gasteiger partial charge is 0.311 e.